The van der Waals surface area contributed by atoms with E-state index in [0.29, 0.717) is 17.9 Å². The van der Waals surface area contributed by atoms with Crippen LogP contribution in [-0.2, 0) is 4.79 Å². The van der Waals surface area contributed by atoms with Gasteiger partial charge in [0.25, 0.3) is 11.8 Å². The van der Waals surface area contributed by atoms with Crippen molar-refractivity contribution in [2.45, 2.75) is 20.8 Å². The molecule has 0 aliphatic rings. The van der Waals surface area contributed by atoms with Crippen molar-refractivity contribution in [1.82, 2.24) is 15.4 Å². The molecule has 3 aromatic rings. The Morgan fingerprint density at radius 3 is 2.17 bits per heavy atom. The highest BCUT2D eigenvalue weighted by molar-refractivity contribution is 5.97. The van der Waals surface area contributed by atoms with Crippen molar-refractivity contribution in [1.29, 1.82) is 0 Å². The Hall–Kier alpha value is -3.74. The number of aromatic nitrogens is 1. The van der Waals surface area contributed by atoms with Crippen LogP contribution in [-0.4, -0.2) is 29.6 Å². The number of carbonyl (C=O) groups is 2. The highest BCUT2D eigenvalue weighted by Gasteiger charge is 2.17. The third kappa shape index (κ3) is 5.00. The molecule has 0 unspecified atom stereocenters. The van der Waals surface area contributed by atoms with E-state index in [1.807, 2.05) is 55.7 Å². The fourth-order valence-electron chi connectivity index (χ4n) is 3.14. The van der Waals surface area contributed by atoms with Crippen LogP contribution in [0.1, 0.15) is 28.7 Å². The highest BCUT2D eigenvalue weighted by atomic mass is 16.5. The largest absolute Gasteiger partial charge is 0.494 e. The van der Waals surface area contributed by atoms with Crippen LogP contribution < -0.4 is 20.3 Å². The van der Waals surface area contributed by atoms with E-state index in [1.54, 1.807) is 30.3 Å². The SMILES string of the molecule is CCOc1ccc(OCC(=O)NNC(=O)c2cc(C)n(-c3ccccc3)c2C)cc1. The number of hydrogen-bond donors (Lipinski definition) is 2. The average Bonchev–Trinajstić information content (AvgIpc) is 3.06. The number of hydrazine groups is 1. The Balaban J connectivity index is 1.55. The maximum Gasteiger partial charge on any atom is 0.276 e. The van der Waals surface area contributed by atoms with Crippen LogP contribution in [0.15, 0.2) is 60.7 Å². The molecule has 3 rings (SSSR count). The number of carbonyl (C=O) groups excluding carboxylic acids is 2. The molecule has 1 aromatic heterocycles. The number of benzene rings is 2. The molecule has 0 saturated carbocycles. The molecule has 0 radical (unpaired) electrons. The summed E-state index contributed by atoms with van der Waals surface area (Å²) in [5, 5.41) is 0. The van der Waals surface area contributed by atoms with Crippen LogP contribution in [0.25, 0.3) is 5.69 Å². The van der Waals surface area contributed by atoms with Gasteiger partial charge in [0.2, 0.25) is 0 Å². The lowest BCUT2D eigenvalue weighted by Gasteiger charge is -2.11. The van der Waals surface area contributed by atoms with E-state index in [2.05, 4.69) is 10.9 Å². The average molecular weight is 407 g/mol. The Labute approximate surface area is 175 Å². The van der Waals surface area contributed by atoms with Crippen molar-refractivity contribution in [2.75, 3.05) is 13.2 Å². The molecule has 0 aliphatic carbocycles. The summed E-state index contributed by atoms with van der Waals surface area (Å²) in [5.41, 5.74) is 8.00. The third-order valence-corrected chi connectivity index (χ3v) is 4.51. The number of amides is 2. The first-order valence-corrected chi connectivity index (χ1v) is 9.68. The summed E-state index contributed by atoms with van der Waals surface area (Å²) in [7, 11) is 0. The zero-order valence-electron chi connectivity index (χ0n) is 17.3. The minimum Gasteiger partial charge on any atom is -0.494 e. The highest BCUT2D eigenvalue weighted by Crippen LogP contribution is 2.20. The molecule has 2 aromatic carbocycles. The number of nitrogens with zero attached hydrogens (tertiary/aromatic N) is 1. The molecular weight excluding hydrogens is 382 g/mol. The second-order valence-corrected chi connectivity index (χ2v) is 6.65. The molecule has 0 bridgehead atoms. The smallest absolute Gasteiger partial charge is 0.276 e. The van der Waals surface area contributed by atoms with E-state index in [9.17, 15) is 9.59 Å². The van der Waals surface area contributed by atoms with Crippen molar-refractivity contribution < 1.29 is 19.1 Å². The van der Waals surface area contributed by atoms with Gasteiger partial charge in [-0.05, 0) is 63.2 Å². The Morgan fingerprint density at radius 2 is 1.53 bits per heavy atom. The van der Waals surface area contributed by atoms with E-state index in [1.165, 1.54) is 0 Å². The van der Waals surface area contributed by atoms with Gasteiger partial charge in [-0.3, -0.25) is 20.4 Å². The van der Waals surface area contributed by atoms with E-state index >= 15 is 0 Å². The number of rotatable bonds is 7. The Kier molecular flexibility index (Phi) is 6.75. The van der Waals surface area contributed by atoms with Gasteiger partial charge in [0.05, 0.1) is 12.2 Å². The fourth-order valence-corrected chi connectivity index (χ4v) is 3.14. The van der Waals surface area contributed by atoms with Crippen LogP contribution in [0.4, 0.5) is 0 Å². The van der Waals surface area contributed by atoms with E-state index in [0.717, 1.165) is 22.8 Å². The maximum absolute atomic E-state index is 12.5. The summed E-state index contributed by atoms with van der Waals surface area (Å²) in [6.07, 6.45) is 0. The van der Waals surface area contributed by atoms with Crippen molar-refractivity contribution in [3.8, 4) is 17.2 Å². The zero-order valence-corrected chi connectivity index (χ0v) is 17.3. The standard InChI is InChI=1S/C23H25N3O4/c1-4-29-19-10-12-20(13-11-19)30-15-22(27)24-25-23(28)21-14-16(2)26(17(21)3)18-8-6-5-7-9-18/h5-14H,4,15H2,1-3H3,(H,24,27)(H,25,28). The number of para-hydroxylation sites is 1. The van der Waals surface area contributed by atoms with E-state index in [4.69, 9.17) is 9.47 Å². The number of ether oxygens (including phenoxy) is 2. The Bertz CT molecular complexity index is 1010. The van der Waals surface area contributed by atoms with E-state index in [-0.39, 0.29) is 12.5 Å². The van der Waals surface area contributed by atoms with Gasteiger partial charge in [-0.15, -0.1) is 0 Å². The molecule has 156 valence electrons. The maximum atomic E-state index is 12.5. The molecular formula is C23H25N3O4. The summed E-state index contributed by atoms with van der Waals surface area (Å²) in [5.74, 6) is 0.412. The molecule has 7 heteroatoms. The second kappa shape index (κ2) is 9.65. The van der Waals surface area contributed by atoms with Gasteiger partial charge < -0.3 is 14.0 Å². The molecule has 0 aliphatic heterocycles. The molecule has 2 N–H and O–H groups in total. The van der Waals surface area contributed by atoms with Gasteiger partial charge in [0, 0.05) is 17.1 Å². The van der Waals surface area contributed by atoms with Gasteiger partial charge in [-0.1, -0.05) is 18.2 Å². The van der Waals surface area contributed by atoms with Crippen molar-refractivity contribution in [2.24, 2.45) is 0 Å². The first-order valence-electron chi connectivity index (χ1n) is 9.68. The molecule has 0 atom stereocenters. The van der Waals surface area contributed by atoms with E-state index < -0.39 is 5.91 Å². The Morgan fingerprint density at radius 1 is 0.900 bits per heavy atom. The van der Waals surface area contributed by atoms with Gasteiger partial charge in [-0.2, -0.15) is 0 Å². The number of aryl methyl sites for hydroxylation is 1. The molecule has 30 heavy (non-hydrogen) atoms. The summed E-state index contributed by atoms with van der Waals surface area (Å²) < 4.78 is 12.8. The molecule has 0 fully saturated rings. The summed E-state index contributed by atoms with van der Waals surface area (Å²) in [4.78, 5) is 24.6. The van der Waals surface area contributed by atoms with Crippen molar-refractivity contribution in [3.05, 3.63) is 77.6 Å². The first kappa shape index (κ1) is 21.0. The van der Waals surface area contributed by atoms with Crippen LogP contribution in [0.2, 0.25) is 0 Å². The molecule has 0 saturated heterocycles. The van der Waals surface area contributed by atoms with Crippen LogP contribution >= 0.6 is 0 Å². The summed E-state index contributed by atoms with van der Waals surface area (Å²) >= 11 is 0. The molecule has 2 amide bonds. The first-order chi connectivity index (χ1) is 14.5. The lowest BCUT2D eigenvalue weighted by Crippen LogP contribution is -2.44. The lowest BCUT2D eigenvalue weighted by molar-refractivity contribution is -0.123. The second-order valence-electron chi connectivity index (χ2n) is 6.65. The minimum absolute atomic E-state index is 0.225. The van der Waals surface area contributed by atoms with Gasteiger partial charge in [-0.25, -0.2) is 0 Å². The van der Waals surface area contributed by atoms with Gasteiger partial charge >= 0.3 is 0 Å². The van der Waals surface area contributed by atoms with Crippen LogP contribution in [0.5, 0.6) is 11.5 Å². The normalized spacial score (nSPS) is 10.4. The predicted molar refractivity (Wildman–Crippen MR) is 114 cm³/mol. The molecule has 0 spiro atoms. The molecule has 1 heterocycles. The minimum atomic E-state index is -0.464. The third-order valence-electron chi connectivity index (χ3n) is 4.51. The lowest BCUT2D eigenvalue weighted by atomic mass is 10.2. The van der Waals surface area contributed by atoms with Crippen LogP contribution in [0.3, 0.4) is 0 Å². The van der Waals surface area contributed by atoms with Crippen molar-refractivity contribution in [3.63, 3.8) is 0 Å². The fraction of sp³-hybridized carbons (Fsp3) is 0.217. The molecule has 7 nitrogen and oxygen atoms in total. The van der Waals surface area contributed by atoms with Gasteiger partial charge in [0.1, 0.15) is 11.5 Å². The number of nitrogens with one attached hydrogen (secondary N) is 2. The predicted octanol–water partition coefficient (Wildman–Crippen LogP) is 3.33. The number of hydrogen-bond acceptors (Lipinski definition) is 4. The zero-order chi connectivity index (χ0) is 21.5. The quantitative estimate of drug-likeness (QED) is 0.589. The summed E-state index contributed by atoms with van der Waals surface area (Å²) in [6, 6.07) is 18.5. The van der Waals surface area contributed by atoms with Crippen molar-refractivity contribution >= 4 is 11.8 Å². The van der Waals surface area contributed by atoms with Crippen LogP contribution in [0, 0.1) is 13.8 Å². The topological polar surface area (TPSA) is 81.6 Å². The monoisotopic (exact) mass is 407 g/mol. The summed E-state index contributed by atoms with van der Waals surface area (Å²) in [6.45, 7) is 6.06. The van der Waals surface area contributed by atoms with Gasteiger partial charge in [0.15, 0.2) is 6.61 Å².